The summed E-state index contributed by atoms with van der Waals surface area (Å²) in [5.74, 6) is 0. The van der Waals surface area contributed by atoms with Crippen LogP contribution in [0.5, 0.6) is 0 Å². The molecular formula is C14H11O2P. The highest BCUT2D eigenvalue weighted by molar-refractivity contribution is 7.47. The average Bonchev–Trinajstić information content (AvgIpc) is 2.35. The van der Waals surface area contributed by atoms with Crippen molar-refractivity contribution in [2.45, 2.75) is 0 Å². The second-order valence-electron chi connectivity index (χ2n) is 4.07. The van der Waals surface area contributed by atoms with E-state index in [0.717, 1.165) is 16.2 Å². The summed E-state index contributed by atoms with van der Waals surface area (Å²) in [7, 11) is -2.61. The molecule has 0 spiro atoms. The molecule has 0 aliphatic carbocycles. The molecule has 3 aromatic rings. The predicted molar refractivity (Wildman–Crippen MR) is 72.3 cm³/mol. The van der Waals surface area contributed by atoms with Crippen LogP contribution in [0, 0.1) is 0 Å². The average molecular weight is 242 g/mol. The molecule has 0 aliphatic heterocycles. The third-order valence-corrected chi connectivity index (χ3v) is 3.76. The molecule has 1 atom stereocenters. The van der Waals surface area contributed by atoms with Gasteiger partial charge in [-0.2, -0.15) is 0 Å². The largest absolute Gasteiger partial charge is 0.343 e. The fourth-order valence-corrected chi connectivity index (χ4v) is 2.58. The summed E-state index contributed by atoms with van der Waals surface area (Å²) in [6.45, 7) is 0. The van der Waals surface area contributed by atoms with E-state index in [0.29, 0.717) is 5.30 Å². The van der Waals surface area contributed by atoms with Crippen LogP contribution in [0.1, 0.15) is 0 Å². The monoisotopic (exact) mass is 242 g/mol. The van der Waals surface area contributed by atoms with Gasteiger partial charge >= 0.3 is 0 Å². The van der Waals surface area contributed by atoms with Crippen LogP contribution in [0.25, 0.3) is 21.5 Å². The van der Waals surface area contributed by atoms with Gasteiger partial charge in [-0.15, -0.1) is 0 Å². The molecule has 3 aromatic carbocycles. The van der Waals surface area contributed by atoms with Gasteiger partial charge in [0, 0.05) is 5.30 Å². The SMILES string of the molecule is O=[PH](O)c1ccc2cc3ccccc3cc2c1. The van der Waals surface area contributed by atoms with E-state index in [9.17, 15) is 4.57 Å². The van der Waals surface area contributed by atoms with Gasteiger partial charge in [0.1, 0.15) is 0 Å². The molecule has 0 aliphatic rings. The van der Waals surface area contributed by atoms with Crippen LogP contribution in [0.4, 0.5) is 0 Å². The van der Waals surface area contributed by atoms with E-state index in [-0.39, 0.29) is 0 Å². The Balaban J connectivity index is 2.36. The van der Waals surface area contributed by atoms with Gasteiger partial charge in [-0.05, 0) is 45.8 Å². The van der Waals surface area contributed by atoms with Crippen LogP contribution in [-0.2, 0) is 4.57 Å². The molecule has 0 amide bonds. The van der Waals surface area contributed by atoms with Gasteiger partial charge in [0.15, 0.2) is 0 Å². The van der Waals surface area contributed by atoms with Crippen molar-refractivity contribution in [3.63, 3.8) is 0 Å². The highest BCUT2D eigenvalue weighted by atomic mass is 31.1. The first-order valence-corrected chi connectivity index (χ1v) is 6.75. The van der Waals surface area contributed by atoms with Crippen LogP contribution < -0.4 is 5.30 Å². The highest BCUT2D eigenvalue weighted by Crippen LogP contribution is 2.24. The summed E-state index contributed by atoms with van der Waals surface area (Å²) in [5.41, 5.74) is 0. The summed E-state index contributed by atoms with van der Waals surface area (Å²) >= 11 is 0. The van der Waals surface area contributed by atoms with Crippen molar-refractivity contribution in [2.24, 2.45) is 0 Å². The second-order valence-corrected chi connectivity index (χ2v) is 5.25. The predicted octanol–water partition coefficient (Wildman–Crippen LogP) is 3.09. The molecule has 84 valence electrons. The molecule has 0 heterocycles. The lowest BCUT2D eigenvalue weighted by Crippen LogP contribution is -1.94. The lowest BCUT2D eigenvalue weighted by atomic mass is 10.0. The van der Waals surface area contributed by atoms with E-state index >= 15 is 0 Å². The van der Waals surface area contributed by atoms with Crippen LogP contribution in [0.15, 0.2) is 54.6 Å². The Bertz CT molecular complexity index is 734. The van der Waals surface area contributed by atoms with Gasteiger partial charge in [0.25, 0.3) is 0 Å². The van der Waals surface area contributed by atoms with E-state index < -0.39 is 8.03 Å². The van der Waals surface area contributed by atoms with Crippen molar-refractivity contribution in [1.29, 1.82) is 0 Å². The van der Waals surface area contributed by atoms with Gasteiger partial charge in [-0.25, -0.2) is 0 Å². The van der Waals surface area contributed by atoms with Crippen molar-refractivity contribution < 1.29 is 9.46 Å². The minimum absolute atomic E-state index is 0.512. The third kappa shape index (κ3) is 1.86. The first-order chi connectivity index (χ1) is 8.24. The van der Waals surface area contributed by atoms with Crippen LogP contribution in [0.2, 0.25) is 0 Å². The molecule has 1 N–H and O–H groups in total. The molecule has 3 heteroatoms. The summed E-state index contributed by atoms with van der Waals surface area (Å²) in [4.78, 5) is 9.14. The summed E-state index contributed by atoms with van der Waals surface area (Å²) in [5, 5.41) is 4.95. The fraction of sp³-hybridized carbons (Fsp3) is 0. The van der Waals surface area contributed by atoms with Crippen molar-refractivity contribution in [3.05, 3.63) is 54.6 Å². The lowest BCUT2D eigenvalue weighted by Gasteiger charge is -2.03. The Morgan fingerprint density at radius 1 is 0.765 bits per heavy atom. The van der Waals surface area contributed by atoms with Crippen molar-refractivity contribution in [2.75, 3.05) is 0 Å². The molecular weight excluding hydrogens is 231 g/mol. The van der Waals surface area contributed by atoms with Crippen molar-refractivity contribution >= 4 is 34.9 Å². The zero-order chi connectivity index (χ0) is 11.8. The molecule has 0 bridgehead atoms. The molecule has 3 rings (SSSR count). The first-order valence-electron chi connectivity index (χ1n) is 5.40. The Morgan fingerprint density at radius 2 is 1.35 bits per heavy atom. The maximum atomic E-state index is 11.1. The molecule has 0 radical (unpaired) electrons. The molecule has 0 saturated carbocycles. The maximum absolute atomic E-state index is 11.1. The highest BCUT2D eigenvalue weighted by Gasteiger charge is 2.02. The molecule has 17 heavy (non-hydrogen) atoms. The molecule has 0 aromatic heterocycles. The van der Waals surface area contributed by atoms with Crippen LogP contribution >= 0.6 is 8.03 Å². The maximum Gasteiger partial charge on any atom is 0.218 e. The fourth-order valence-electron chi connectivity index (χ4n) is 2.07. The van der Waals surface area contributed by atoms with Gasteiger partial charge in [-0.3, -0.25) is 4.57 Å². The van der Waals surface area contributed by atoms with Gasteiger partial charge in [0.2, 0.25) is 8.03 Å². The number of hydrogen-bond acceptors (Lipinski definition) is 1. The lowest BCUT2D eigenvalue weighted by molar-refractivity contribution is 0.513. The Morgan fingerprint density at radius 3 is 2.00 bits per heavy atom. The van der Waals surface area contributed by atoms with Crippen LogP contribution in [0.3, 0.4) is 0 Å². The van der Waals surface area contributed by atoms with Crippen LogP contribution in [-0.4, -0.2) is 4.89 Å². The Kier molecular flexibility index (Phi) is 2.47. The summed E-state index contributed by atoms with van der Waals surface area (Å²) in [6, 6.07) is 17.7. The third-order valence-electron chi connectivity index (χ3n) is 2.95. The molecule has 0 fully saturated rings. The number of hydrogen-bond donors (Lipinski definition) is 1. The zero-order valence-corrected chi connectivity index (χ0v) is 10.1. The van der Waals surface area contributed by atoms with E-state index in [2.05, 4.69) is 18.2 Å². The number of fused-ring (bicyclic) bond motifs is 2. The van der Waals surface area contributed by atoms with E-state index in [1.807, 2.05) is 24.3 Å². The van der Waals surface area contributed by atoms with E-state index in [1.54, 1.807) is 12.1 Å². The molecule has 1 unspecified atom stereocenters. The van der Waals surface area contributed by atoms with E-state index in [1.165, 1.54) is 5.39 Å². The topological polar surface area (TPSA) is 37.3 Å². The zero-order valence-electron chi connectivity index (χ0n) is 9.05. The van der Waals surface area contributed by atoms with Gasteiger partial charge in [0.05, 0.1) is 0 Å². The number of benzene rings is 3. The quantitative estimate of drug-likeness (QED) is 0.526. The van der Waals surface area contributed by atoms with Gasteiger partial charge < -0.3 is 4.89 Å². The number of rotatable bonds is 1. The second kappa shape index (κ2) is 3.99. The Labute approximate surface area is 99.4 Å². The minimum atomic E-state index is -2.61. The molecule has 0 saturated heterocycles. The molecule has 2 nitrogen and oxygen atoms in total. The summed E-state index contributed by atoms with van der Waals surface area (Å²) in [6.07, 6.45) is 0. The van der Waals surface area contributed by atoms with Crippen molar-refractivity contribution in [3.8, 4) is 0 Å². The van der Waals surface area contributed by atoms with Gasteiger partial charge in [-0.1, -0.05) is 30.3 Å². The standard InChI is InChI=1S/C14H11O2P/c15-17(16)14-6-5-12-7-10-3-1-2-4-11(10)8-13(12)9-14/h1-9,17H,(H,15,16). The summed E-state index contributed by atoms with van der Waals surface area (Å²) < 4.78 is 11.1. The smallest absolute Gasteiger partial charge is 0.218 e. The van der Waals surface area contributed by atoms with Crippen molar-refractivity contribution in [1.82, 2.24) is 0 Å². The normalized spacial score (nSPS) is 13.0. The Hall–Kier alpha value is -1.63. The first kappa shape index (κ1) is 10.5. The minimum Gasteiger partial charge on any atom is -0.343 e. The van der Waals surface area contributed by atoms with E-state index in [4.69, 9.17) is 4.89 Å².